The number of rotatable bonds is 6. The first kappa shape index (κ1) is 29.3. The van der Waals surface area contributed by atoms with E-state index in [0.717, 1.165) is 17.8 Å². The minimum absolute atomic E-state index is 0.0908. The second-order valence-corrected chi connectivity index (χ2v) is 15.9. The largest absolute Gasteiger partial charge is 0.310 e. The second kappa shape index (κ2) is 12.0. The summed E-state index contributed by atoms with van der Waals surface area (Å²) in [6, 6.07) is 46.7. The highest BCUT2D eigenvalue weighted by molar-refractivity contribution is 5.89. The molecule has 5 aliphatic carbocycles. The molecule has 4 bridgehead atoms. The van der Waals surface area contributed by atoms with E-state index in [-0.39, 0.29) is 5.41 Å². The van der Waals surface area contributed by atoms with Crippen LogP contribution >= 0.6 is 0 Å². The van der Waals surface area contributed by atoms with E-state index >= 15 is 0 Å². The van der Waals surface area contributed by atoms with Crippen LogP contribution in [0.2, 0.25) is 0 Å². The van der Waals surface area contributed by atoms with Gasteiger partial charge >= 0.3 is 0 Å². The Morgan fingerprint density at radius 3 is 1.53 bits per heavy atom. The van der Waals surface area contributed by atoms with E-state index in [1.807, 2.05) is 0 Å². The molecule has 0 saturated heterocycles. The predicted octanol–water partition coefficient (Wildman–Crippen LogP) is 12.8. The van der Waals surface area contributed by atoms with Crippen LogP contribution < -0.4 is 4.90 Å². The van der Waals surface area contributed by atoms with Crippen molar-refractivity contribution < 1.29 is 0 Å². The zero-order valence-electron chi connectivity index (χ0n) is 27.9. The zero-order chi connectivity index (χ0) is 31.3. The Hall–Kier alpha value is -3.84. The van der Waals surface area contributed by atoms with Crippen molar-refractivity contribution in [2.45, 2.75) is 94.3 Å². The summed E-state index contributed by atoms with van der Waals surface area (Å²) in [5.74, 6) is 2.89. The fourth-order valence-corrected chi connectivity index (χ4v) is 11.1. The van der Waals surface area contributed by atoms with Crippen molar-refractivity contribution in [3.63, 3.8) is 0 Å². The molecular weight excluding hydrogens is 567 g/mol. The summed E-state index contributed by atoms with van der Waals surface area (Å²) in [6.45, 7) is 0. The van der Waals surface area contributed by atoms with E-state index in [1.54, 1.807) is 5.56 Å². The van der Waals surface area contributed by atoms with Gasteiger partial charge in [-0.15, -0.1) is 0 Å². The van der Waals surface area contributed by atoms with Crippen LogP contribution in [0.15, 0.2) is 121 Å². The maximum absolute atomic E-state index is 2.50. The van der Waals surface area contributed by atoms with Gasteiger partial charge in [0.05, 0.1) is 0 Å². The minimum atomic E-state index is 0.0908. The van der Waals surface area contributed by atoms with Gasteiger partial charge in [-0.3, -0.25) is 0 Å². The molecular formula is C46H49N. The van der Waals surface area contributed by atoms with E-state index in [4.69, 9.17) is 0 Å². The van der Waals surface area contributed by atoms with E-state index in [1.165, 1.54) is 122 Å². The molecule has 0 atom stereocenters. The molecule has 0 aromatic heterocycles. The van der Waals surface area contributed by atoms with Crippen LogP contribution in [0.3, 0.4) is 0 Å². The third-order valence-electron chi connectivity index (χ3n) is 13.0. The number of hydrogen-bond acceptors (Lipinski definition) is 1. The molecule has 238 valence electrons. The first-order valence-corrected chi connectivity index (χ1v) is 18.7. The van der Waals surface area contributed by atoms with Gasteiger partial charge in [-0.1, -0.05) is 117 Å². The average Bonchev–Trinajstić information content (AvgIpc) is 3.09. The average molecular weight is 616 g/mol. The molecule has 5 aromatic rings. The Kier molecular flexibility index (Phi) is 7.48. The lowest BCUT2D eigenvalue weighted by Crippen LogP contribution is -2.48. The lowest BCUT2D eigenvalue weighted by atomic mass is 9.48. The highest BCUT2D eigenvalue weighted by Gasteiger charge is 2.51. The molecule has 1 nitrogen and oxygen atoms in total. The van der Waals surface area contributed by atoms with Crippen molar-refractivity contribution >= 4 is 27.8 Å². The first-order chi connectivity index (χ1) is 23.2. The summed E-state index contributed by atoms with van der Waals surface area (Å²) in [6.07, 6.45) is 17.9. The molecule has 1 heteroatoms. The lowest BCUT2D eigenvalue weighted by Gasteiger charge is -2.57. The molecule has 0 N–H and O–H groups in total. The van der Waals surface area contributed by atoms with Crippen LogP contribution in [0.25, 0.3) is 10.8 Å². The third kappa shape index (κ3) is 5.31. The van der Waals surface area contributed by atoms with Crippen molar-refractivity contribution in [2.24, 2.45) is 17.8 Å². The van der Waals surface area contributed by atoms with Crippen molar-refractivity contribution in [1.82, 2.24) is 0 Å². The molecule has 5 aliphatic rings. The summed E-state index contributed by atoms with van der Waals surface area (Å²) < 4.78 is 0. The minimum Gasteiger partial charge on any atom is -0.310 e. The van der Waals surface area contributed by atoms with Crippen LogP contribution in [0.1, 0.15) is 100 Å². The van der Waals surface area contributed by atoms with Crippen LogP contribution in [-0.2, 0) is 10.8 Å². The Morgan fingerprint density at radius 2 is 0.915 bits per heavy atom. The standard InChI is InChI=1S/C46H49N/c1-2-9-25-46(26-10-3-1,40-13-5-4-6-14-40)41-18-23-43(24-19-41)47(44-20-15-37-11-7-8-12-38(37)30-44)42-21-16-39(17-22-42)45-31-34-27-35(32-45)29-36(28-34)33-45/h4-8,11-24,30,34-36H,1-3,9-10,25-29,31-33H2. The Morgan fingerprint density at radius 1 is 0.426 bits per heavy atom. The number of nitrogens with zero attached hydrogens (tertiary/aromatic N) is 1. The third-order valence-corrected chi connectivity index (χ3v) is 13.0. The van der Waals surface area contributed by atoms with Crippen molar-refractivity contribution in [3.05, 3.63) is 138 Å². The van der Waals surface area contributed by atoms with Gasteiger partial charge in [0.1, 0.15) is 0 Å². The molecule has 0 heterocycles. The highest BCUT2D eigenvalue weighted by atomic mass is 15.1. The molecule has 5 saturated carbocycles. The number of hydrogen-bond donors (Lipinski definition) is 0. The normalized spacial score (nSPS) is 26.5. The smallest absolute Gasteiger partial charge is 0.0468 e. The predicted molar refractivity (Wildman–Crippen MR) is 198 cm³/mol. The number of fused-ring (bicyclic) bond motifs is 1. The van der Waals surface area contributed by atoms with Crippen LogP contribution in [0.4, 0.5) is 17.1 Å². The SMILES string of the molecule is c1ccc(C2(c3ccc(N(c4ccc(C56CC7CC(CC(C7)C5)C6)cc4)c4ccc5ccccc5c4)cc3)CCCCCCC2)cc1. The molecule has 0 unspecified atom stereocenters. The van der Waals surface area contributed by atoms with Gasteiger partial charge in [-0.05, 0) is 138 Å². The van der Waals surface area contributed by atoms with Gasteiger partial charge in [0.15, 0.2) is 0 Å². The lowest BCUT2D eigenvalue weighted by molar-refractivity contribution is -0.00518. The van der Waals surface area contributed by atoms with Gasteiger partial charge in [-0.2, -0.15) is 0 Å². The van der Waals surface area contributed by atoms with Gasteiger partial charge in [0.2, 0.25) is 0 Å². The summed E-state index contributed by atoms with van der Waals surface area (Å²) in [5, 5.41) is 2.58. The quantitative estimate of drug-likeness (QED) is 0.184. The Labute approximate surface area is 282 Å². The van der Waals surface area contributed by atoms with Gasteiger partial charge in [0, 0.05) is 22.5 Å². The van der Waals surface area contributed by atoms with Gasteiger partial charge in [0.25, 0.3) is 0 Å². The summed E-state index contributed by atoms with van der Waals surface area (Å²) in [4.78, 5) is 2.49. The number of benzene rings is 5. The van der Waals surface area contributed by atoms with Gasteiger partial charge in [-0.25, -0.2) is 0 Å². The van der Waals surface area contributed by atoms with Crippen LogP contribution in [0, 0.1) is 17.8 Å². The molecule has 10 rings (SSSR count). The molecule has 0 spiro atoms. The molecule has 5 fully saturated rings. The fraction of sp³-hybridized carbons (Fsp3) is 0.391. The summed E-state index contributed by atoms with van der Waals surface area (Å²) in [7, 11) is 0. The topological polar surface area (TPSA) is 3.24 Å². The highest BCUT2D eigenvalue weighted by Crippen LogP contribution is 2.61. The maximum atomic E-state index is 2.50. The van der Waals surface area contributed by atoms with Crippen molar-refractivity contribution in [1.29, 1.82) is 0 Å². The Balaban J connectivity index is 1.11. The molecule has 5 aromatic carbocycles. The molecule has 0 aliphatic heterocycles. The molecule has 47 heavy (non-hydrogen) atoms. The maximum Gasteiger partial charge on any atom is 0.0468 e. The van der Waals surface area contributed by atoms with Crippen LogP contribution in [-0.4, -0.2) is 0 Å². The van der Waals surface area contributed by atoms with Crippen molar-refractivity contribution in [2.75, 3.05) is 4.90 Å². The number of anilines is 3. The van der Waals surface area contributed by atoms with E-state index in [2.05, 4.69) is 126 Å². The first-order valence-electron chi connectivity index (χ1n) is 18.7. The van der Waals surface area contributed by atoms with E-state index < -0.39 is 0 Å². The van der Waals surface area contributed by atoms with E-state index in [9.17, 15) is 0 Å². The monoisotopic (exact) mass is 615 g/mol. The van der Waals surface area contributed by atoms with Crippen LogP contribution in [0.5, 0.6) is 0 Å². The van der Waals surface area contributed by atoms with Crippen molar-refractivity contribution in [3.8, 4) is 0 Å². The van der Waals surface area contributed by atoms with Gasteiger partial charge < -0.3 is 4.90 Å². The molecule has 0 amide bonds. The Bertz CT molecular complexity index is 1790. The fourth-order valence-electron chi connectivity index (χ4n) is 11.1. The second-order valence-electron chi connectivity index (χ2n) is 15.9. The molecule has 0 radical (unpaired) electrons. The summed E-state index contributed by atoms with van der Waals surface area (Å²) in [5.41, 5.74) is 8.79. The zero-order valence-corrected chi connectivity index (χ0v) is 27.9. The van der Waals surface area contributed by atoms with E-state index in [0.29, 0.717) is 5.41 Å². The summed E-state index contributed by atoms with van der Waals surface area (Å²) >= 11 is 0.